The number of rotatable bonds is 15. The Morgan fingerprint density at radius 1 is 1.14 bits per heavy atom. The zero-order valence-electron chi connectivity index (χ0n) is 26.2. The second-order valence-corrected chi connectivity index (χ2v) is 11.8. The number of nitrogens with zero attached hydrogens (tertiary/aromatic N) is 4. The van der Waals surface area contributed by atoms with Crippen LogP contribution in [0.15, 0.2) is 17.1 Å². The van der Waals surface area contributed by atoms with Crippen molar-refractivity contribution in [3.63, 3.8) is 0 Å². The number of hydrogen-bond donors (Lipinski definition) is 3. The van der Waals surface area contributed by atoms with Crippen LogP contribution in [0, 0.1) is 12.8 Å². The molecule has 4 amide bonds. The Hall–Kier alpha value is -2.33. The number of amides is 4. The van der Waals surface area contributed by atoms with Gasteiger partial charge in [-0.15, -0.1) is 35.5 Å². The number of alkyl carbamates (subject to hydrolysis) is 1. The topological polar surface area (TPSA) is 138 Å². The molecule has 0 aromatic carbocycles. The zero-order chi connectivity index (χ0) is 32.7. The van der Waals surface area contributed by atoms with Crippen LogP contribution in [0.4, 0.5) is 9.59 Å². The third-order valence-corrected chi connectivity index (χ3v) is 8.21. The number of thiazole rings is 2. The van der Waals surface area contributed by atoms with Gasteiger partial charge in [0.2, 0.25) is 5.91 Å². The fraction of sp³-hybridized carbons (Fsp3) is 0.621. The van der Waals surface area contributed by atoms with Crippen LogP contribution >= 0.6 is 22.7 Å². The molecular formula is C29H46N7O5PbS2. The summed E-state index contributed by atoms with van der Waals surface area (Å²) in [6.07, 6.45) is 11.0. The Kier molecular flexibility index (Phi) is 21.6. The molecule has 15 heteroatoms. The molecule has 44 heavy (non-hydrogen) atoms. The van der Waals surface area contributed by atoms with Gasteiger partial charge in [0.15, 0.2) is 0 Å². The van der Waals surface area contributed by atoms with Gasteiger partial charge in [-0.25, -0.2) is 14.6 Å². The first-order valence-corrected chi connectivity index (χ1v) is 20.1. The maximum absolute atomic E-state index is 13.1. The third kappa shape index (κ3) is 16.1. The van der Waals surface area contributed by atoms with Gasteiger partial charge in [-0.1, -0.05) is 13.8 Å². The van der Waals surface area contributed by atoms with Crippen molar-refractivity contribution in [2.45, 2.75) is 62.7 Å². The van der Waals surface area contributed by atoms with Crippen molar-refractivity contribution in [2.24, 2.45) is 0 Å². The number of ether oxygens (including phenoxy) is 2. The van der Waals surface area contributed by atoms with E-state index in [4.69, 9.17) is 9.47 Å². The number of aromatic nitrogens is 2. The van der Waals surface area contributed by atoms with Gasteiger partial charge in [-0.05, 0) is 19.3 Å². The fourth-order valence-electron chi connectivity index (χ4n) is 3.92. The van der Waals surface area contributed by atoms with Gasteiger partial charge in [-0.2, -0.15) is 0 Å². The molecule has 0 unspecified atom stereocenters. The Morgan fingerprint density at radius 2 is 1.82 bits per heavy atom. The average Bonchev–Trinajstić information content (AvgIpc) is 3.75. The number of nitrogens with one attached hydrogen (secondary N) is 3. The molecule has 3 radical (unpaired) electrons. The maximum atomic E-state index is 13.1. The van der Waals surface area contributed by atoms with Gasteiger partial charge < -0.3 is 30.3 Å². The SMILES string of the molecule is C#C.CC(C)c1nc(CN(C)C(=O)N[C@@H](CCN2CCOCC2)C(=O)NCCCCNC(=O)OCc2cncs2)cs1.[CH3][Pb]. The van der Waals surface area contributed by atoms with Crippen molar-refractivity contribution in [1.82, 2.24) is 35.7 Å². The molecule has 0 aliphatic carbocycles. The number of carbonyl (C=O) groups excluding carboxylic acids is 3. The molecule has 3 rings (SSSR count). The molecule has 0 saturated carbocycles. The van der Waals surface area contributed by atoms with E-state index < -0.39 is 12.1 Å². The summed E-state index contributed by atoms with van der Waals surface area (Å²) in [7, 11) is 1.70. The Labute approximate surface area is 285 Å². The van der Waals surface area contributed by atoms with Crippen LogP contribution in [0.2, 0.25) is 4.48 Å². The van der Waals surface area contributed by atoms with Crippen LogP contribution in [-0.4, -0.2) is 123 Å². The van der Waals surface area contributed by atoms with Crippen LogP contribution < -0.4 is 16.0 Å². The summed E-state index contributed by atoms with van der Waals surface area (Å²) in [6.45, 7) is 9.27. The predicted octanol–water partition coefficient (Wildman–Crippen LogP) is 3.23. The minimum atomic E-state index is -0.667. The van der Waals surface area contributed by atoms with Crippen molar-refractivity contribution in [2.75, 3.05) is 53.0 Å². The first-order valence-electron chi connectivity index (χ1n) is 14.5. The molecule has 1 saturated heterocycles. The van der Waals surface area contributed by atoms with E-state index in [-0.39, 0.29) is 18.5 Å². The van der Waals surface area contributed by atoms with Gasteiger partial charge in [0.05, 0.1) is 40.8 Å². The van der Waals surface area contributed by atoms with Gasteiger partial charge in [0.1, 0.15) is 12.6 Å². The number of urea groups is 1. The summed E-state index contributed by atoms with van der Waals surface area (Å²) in [6, 6.07) is -0.985. The summed E-state index contributed by atoms with van der Waals surface area (Å²) in [5.74, 6) is 0.118. The van der Waals surface area contributed by atoms with Crippen LogP contribution in [0.25, 0.3) is 0 Å². The molecule has 3 heterocycles. The number of morpholine rings is 1. The zero-order valence-corrected chi connectivity index (χ0v) is 31.7. The second-order valence-electron chi connectivity index (χ2n) is 9.90. The van der Waals surface area contributed by atoms with E-state index >= 15 is 0 Å². The number of unbranched alkanes of at least 4 members (excludes halogenated alkanes) is 1. The standard InChI is InChI=1S/C26H41N7O5S2.C2H2.CH3.Pb/c1-19(2)24-30-20(17-39-24)15-32(3)25(35)31-22(6-9-33-10-12-37-13-11-33)23(34)28-7-4-5-8-29-26(36)38-16-21-14-27-18-40-21;1-2;;/h14,17-19,22H,4-13,15-16H2,1-3H3,(H,28,34)(H,29,36)(H,31,35);1-2H;1H3;/t22-;;;/m0.../s1. The van der Waals surface area contributed by atoms with E-state index in [1.807, 2.05) is 5.38 Å². The monoisotopic (exact) mass is 844 g/mol. The number of terminal acetylenes is 1. The summed E-state index contributed by atoms with van der Waals surface area (Å²) < 4.78 is 12.7. The molecule has 1 atom stereocenters. The van der Waals surface area contributed by atoms with E-state index in [0.717, 1.165) is 28.7 Å². The summed E-state index contributed by atoms with van der Waals surface area (Å²) >= 11 is 4.32. The fourth-order valence-corrected chi connectivity index (χ4v) is 5.25. The third-order valence-electron chi connectivity index (χ3n) is 6.26. The van der Waals surface area contributed by atoms with Crippen molar-refractivity contribution >= 4 is 66.5 Å². The van der Waals surface area contributed by atoms with Gasteiger partial charge in [-0.3, -0.25) is 14.7 Å². The molecule has 1 fully saturated rings. The predicted molar refractivity (Wildman–Crippen MR) is 176 cm³/mol. The number of carbonyl (C=O) groups is 3. The first kappa shape index (κ1) is 39.7. The van der Waals surface area contributed by atoms with Gasteiger partial charge >= 0.3 is 42.4 Å². The molecule has 0 spiro atoms. The van der Waals surface area contributed by atoms with E-state index in [2.05, 4.69) is 62.0 Å². The first-order chi connectivity index (χ1) is 21.3. The van der Waals surface area contributed by atoms with Crippen LogP contribution in [0.5, 0.6) is 0 Å². The Morgan fingerprint density at radius 3 is 2.43 bits per heavy atom. The van der Waals surface area contributed by atoms with Gasteiger partial charge in [0, 0.05) is 57.3 Å². The molecule has 1 aliphatic heterocycles. The number of hydrogen-bond acceptors (Lipinski definition) is 10. The molecule has 12 nitrogen and oxygen atoms in total. The molecule has 243 valence electrons. The quantitative estimate of drug-likeness (QED) is 0.141. The molecule has 3 N–H and O–H groups in total. The van der Waals surface area contributed by atoms with E-state index in [1.54, 1.807) is 35.0 Å². The molecular weight excluding hydrogens is 798 g/mol. The van der Waals surface area contributed by atoms with Crippen molar-refractivity contribution in [1.29, 1.82) is 0 Å². The normalized spacial score (nSPS) is 13.4. The van der Waals surface area contributed by atoms with E-state index in [9.17, 15) is 14.4 Å². The van der Waals surface area contributed by atoms with Crippen LogP contribution in [0.1, 0.15) is 54.6 Å². The summed E-state index contributed by atoms with van der Waals surface area (Å²) in [5, 5.41) is 11.6. The second kappa shape index (κ2) is 24.0. The molecule has 1 aliphatic rings. The Balaban J connectivity index is 0.00000232. The molecule has 2 aromatic rings. The minimum absolute atomic E-state index is 0.196. The van der Waals surface area contributed by atoms with Crippen molar-refractivity contribution < 1.29 is 23.9 Å². The van der Waals surface area contributed by atoms with Gasteiger partial charge in [0.25, 0.3) is 0 Å². The van der Waals surface area contributed by atoms with Crippen molar-refractivity contribution in [3.8, 4) is 12.8 Å². The summed E-state index contributed by atoms with van der Waals surface area (Å²) in [4.78, 5) is 51.0. The van der Waals surface area contributed by atoms with Crippen molar-refractivity contribution in [3.05, 3.63) is 32.7 Å². The average molecular weight is 844 g/mol. The van der Waals surface area contributed by atoms with Crippen LogP contribution in [-0.2, 0) is 27.4 Å². The summed E-state index contributed by atoms with van der Waals surface area (Å²) in [5.41, 5.74) is 2.52. The molecule has 2 aromatic heterocycles. The van der Waals surface area contributed by atoms with E-state index in [0.29, 0.717) is 64.6 Å². The Bertz CT molecular complexity index is 1100. The van der Waals surface area contributed by atoms with Crippen LogP contribution in [0.3, 0.4) is 0 Å². The van der Waals surface area contributed by atoms with E-state index in [1.165, 1.54) is 37.1 Å². The molecule has 0 bridgehead atoms.